The Morgan fingerprint density at radius 2 is 2.36 bits per heavy atom. The molecule has 0 aliphatic carbocycles. The summed E-state index contributed by atoms with van der Waals surface area (Å²) in [6, 6.07) is -0.228. The lowest BCUT2D eigenvalue weighted by Gasteiger charge is -2.40. The van der Waals surface area contributed by atoms with Crippen LogP contribution in [0.2, 0.25) is 0 Å². The zero-order chi connectivity index (χ0) is 15.5. The number of carbonyl (C=O) groups excluding carboxylic acids is 1. The average Bonchev–Trinajstić information content (AvgIpc) is 3.25. The predicted molar refractivity (Wildman–Crippen MR) is 79.9 cm³/mol. The van der Waals surface area contributed by atoms with Gasteiger partial charge in [0.15, 0.2) is 0 Å². The fourth-order valence-corrected chi connectivity index (χ4v) is 2.91. The van der Waals surface area contributed by atoms with Gasteiger partial charge in [-0.1, -0.05) is 6.92 Å². The number of aromatic nitrogens is 5. The van der Waals surface area contributed by atoms with Crippen LogP contribution in [0.5, 0.6) is 0 Å². The smallest absolute Gasteiger partial charge is 0.247 e. The van der Waals surface area contributed by atoms with Gasteiger partial charge in [-0.25, -0.2) is 14.6 Å². The van der Waals surface area contributed by atoms with Gasteiger partial charge in [-0.3, -0.25) is 9.69 Å². The largest absolute Gasteiger partial charge is 0.347 e. The van der Waals surface area contributed by atoms with Crippen molar-refractivity contribution in [1.82, 2.24) is 34.5 Å². The van der Waals surface area contributed by atoms with Gasteiger partial charge in [0, 0.05) is 32.0 Å². The van der Waals surface area contributed by atoms with E-state index in [1.165, 1.54) is 6.33 Å². The second-order valence-electron chi connectivity index (χ2n) is 5.45. The van der Waals surface area contributed by atoms with Gasteiger partial charge in [-0.15, -0.1) is 0 Å². The molecular formula is C14H21N7O. The van der Waals surface area contributed by atoms with Crippen LogP contribution in [-0.4, -0.2) is 66.6 Å². The topological polar surface area (TPSA) is 82.9 Å². The minimum absolute atomic E-state index is 0.0674. The lowest BCUT2D eigenvalue weighted by molar-refractivity contribution is -0.137. The van der Waals surface area contributed by atoms with Gasteiger partial charge in [0.25, 0.3) is 0 Å². The number of hydrogen-bond acceptors (Lipinski definition) is 5. The summed E-state index contributed by atoms with van der Waals surface area (Å²) in [5.41, 5.74) is 0. The quantitative estimate of drug-likeness (QED) is 0.887. The van der Waals surface area contributed by atoms with E-state index in [0.29, 0.717) is 6.54 Å². The van der Waals surface area contributed by atoms with E-state index in [1.807, 2.05) is 18.0 Å². The van der Waals surface area contributed by atoms with Gasteiger partial charge < -0.3 is 9.88 Å². The molecule has 1 aliphatic rings. The number of carbonyl (C=O) groups is 1. The van der Waals surface area contributed by atoms with Crippen LogP contribution in [0.3, 0.4) is 0 Å². The summed E-state index contributed by atoms with van der Waals surface area (Å²) in [5, 5.41) is 4.06. The van der Waals surface area contributed by atoms with Crippen molar-refractivity contribution in [3.05, 3.63) is 30.9 Å². The van der Waals surface area contributed by atoms with Crippen LogP contribution in [0, 0.1) is 0 Å². The number of H-pyrrole nitrogens is 1. The summed E-state index contributed by atoms with van der Waals surface area (Å²) in [4.78, 5) is 28.4. The van der Waals surface area contributed by atoms with Gasteiger partial charge in [-0.2, -0.15) is 5.10 Å². The second-order valence-corrected chi connectivity index (χ2v) is 5.45. The molecule has 3 heterocycles. The van der Waals surface area contributed by atoms with Gasteiger partial charge in [0.1, 0.15) is 24.5 Å². The third kappa shape index (κ3) is 2.74. The summed E-state index contributed by atoms with van der Waals surface area (Å²) >= 11 is 0. The Kier molecular flexibility index (Phi) is 4.19. The van der Waals surface area contributed by atoms with Crippen molar-refractivity contribution in [2.75, 3.05) is 26.2 Å². The summed E-state index contributed by atoms with van der Waals surface area (Å²) < 4.78 is 1.59. The molecule has 8 heteroatoms. The van der Waals surface area contributed by atoms with Crippen LogP contribution in [0.1, 0.15) is 31.8 Å². The van der Waals surface area contributed by atoms with Crippen molar-refractivity contribution in [3.8, 4) is 0 Å². The van der Waals surface area contributed by atoms with E-state index >= 15 is 0 Å². The maximum atomic E-state index is 12.7. The normalized spacial score (nSPS) is 21.0. The monoisotopic (exact) mass is 303 g/mol. The van der Waals surface area contributed by atoms with Crippen LogP contribution >= 0.6 is 0 Å². The molecule has 3 rings (SSSR count). The van der Waals surface area contributed by atoms with Crippen LogP contribution in [0.25, 0.3) is 0 Å². The summed E-state index contributed by atoms with van der Waals surface area (Å²) in [5.74, 6) is 0.977. The number of piperazine rings is 1. The van der Waals surface area contributed by atoms with Gasteiger partial charge in [-0.05, 0) is 13.5 Å². The Bertz CT molecular complexity index is 595. The molecule has 2 aromatic heterocycles. The molecule has 0 unspecified atom stereocenters. The number of amides is 1. The average molecular weight is 303 g/mol. The van der Waals surface area contributed by atoms with Gasteiger partial charge >= 0.3 is 0 Å². The fourth-order valence-electron chi connectivity index (χ4n) is 2.91. The number of likely N-dealkylation sites (N-methyl/N-ethyl adjacent to an activating group) is 1. The third-order valence-corrected chi connectivity index (χ3v) is 4.23. The minimum atomic E-state index is -0.340. The Labute approximate surface area is 129 Å². The number of rotatable bonds is 4. The van der Waals surface area contributed by atoms with Crippen molar-refractivity contribution in [3.63, 3.8) is 0 Å². The highest BCUT2D eigenvalue weighted by Gasteiger charge is 2.33. The number of hydrogen-bond donors (Lipinski definition) is 1. The highest BCUT2D eigenvalue weighted by molar-refractivity contribution is 5.80. The van der Waals surface area contributed by atoms with Crippen molar-refractivity contribution in [2.45, 2.75) is 25.9 Å². The molecular weight excluding hydrogens is 282 g/mol. The standard InChI is InChI=1S/C14H21N7O/c1-3-19-6-7-20(8-12(19)13-16-4-5-17-13)14(22)11(2)21-10-15-9-18-21/h4-5,9-12H,3,6-8H2,1-2H3,(H,16,17)/t11-,12-/m0/s1. The Balaban J connectivity index is 1.74. The molecule has 1 aliphatic heterocycles. The molecule has 118 valence electrons. The van der Waals surface area contributed by atoms with E-state index < -0.39 is 0 Å². The zero-order valence-corrected chi connectivity index (χ0v) is 12.9. The maximum Gasteiger partial charge on any atom is 0.247 e. The first-order chi connectivity index (χ1) is 10.7. The Morgan fingerprint density at radius 1 is 1.50 bits per heavy atom. The predicted octanol–water partition coefficient (Wildman–Crippen LogP) is 0.468. The van der Waals surface area contributed by atoms with Crippen molar-refractivity contribution in [1.29, 1.82) is 0 Å². The van der Waals surface area contributed by atoms with Crippen LogP contribution in [0.4, 0.5) is 0 Å². The zero-order valence-electron chi connectivity index (χ0n) is 12.9. The molecule has 22 heavy (non-hydrogen) atoms. The van der Waals surface area contributed by atoms with Crippen LogP contribution < -0.4 is 0 Å². The first-order valence-corrected chi connectivity index (χ1v) is 7.57. The molecule has 2 atom stereocenters. The summed E-state index contributed by atoms with van der Waals surface area (Å²) in [7, 11) is 0. The van der Waals surface area contributed by atoms with Crippen LogP contribution in [-0.2, 0) is 4.79 Å². The summed E-state index contributed by atoms with van der Waals surface area (Å²) in [6.07, 6.45) is 6.60. The van der Waals surface area contributed by atoms with Crippen molar-refractivity contribution in [2.24, 2.45) is 0 Å². The molecule has 1 amide bonds. The maximum absolute atomic E-state index is 12.7. The van der Waals surface area contributed by atoms with Gasteiger partial charge in [0.2, 0.25) is 5.91 Å². The van der Waals surface area contributed by atoms with E-state index in [-0.39, 0.29) is 18.0 Å². The summed E-state index contributed by atoms with van der Waals surface area (Å²) in [6.45, 7) is 7.13. The van der Waals surface area contributed by atoms with E-state index in [4.69, 9.17) is 0 Å². The molecule has 8 nitrogen and oxygen atoms in total. The molecule has 1 saturated heterocycles. The molecule has 2 aromatic rings. The minimum Gasteiger partial charge on any atom is -0.347 e. The number of aromatic amines is 1. The SMILES string of the molecule is CCN1CCN(C(=O)[C@H](C)n2cncn2)C[C@H]1c1ncc[nH]1. The van der Waals surface area contributed by atoms with E-state index in [9.17, 15) is 4.79 Å². The lowest BCUT2D eigenvalue weighted by Crippen LogP contribution is -2.52. The number of imidazole rings is 1. The number of nitrogens with one attached hydrogen (secondary N) is 1. The fraction of sp³-hybridized carbons (Fsp3) is 0.571. The van der Waals surface area contributed by atoms with Crippen LogP contribution in [0.15, 0.2) is 25.0 Å². The first-order valence-electron chi connectivity index (χ1n) is 7.57. The molecule has 1 fully saturated rings. The third-order valence-electron chi connectivity index (χ3n) is 4.23. The van der Waals surface area contributed by atoms with E-state index in [1.54, 1.807) is 17.2 Å². The Hall–Kier alpha value is -2.22. The van der Waals surface area contributed by atoms with E-state index in [2.05, 4.69) is 31.9 Å². The highest BCUT2D eigenvalue weighted by Crippen LogP contribution is 2.24. The molecule has 0 spiro atoms. The number of nitrogens with zero attached hydrogens (tertiary/aromatic N) is 6. The molecule has 1 N–H and O–H groups in total. The molecule has 0 aromatic carbocycles. The molecule has 0 bridgehead atoms. The second kappa shape index (κ2) is 6.27. The molecule has 0 radical (unpaired) electrons. The van der Waals surface area contributed by atoms with Crippen molar-refractivity contribution < 1.29 is 4.79 Å². The first kappa shape index (κ1) is 14.7. The lowest BCUT2D eigenvalue weighted by atomic mass is 10.1. The van der Waals surface area contributed by atoms with E-state index in [0.717, 1.165) is 25.5 Å². The van der Waals surface area contributed by atoms with Gasteiger partial charge in [0.05, 0.1) is 6.04 Å². The Morgan fingerprint density at radius 3 is 3.00 bits per heavy atom. The molecule has 0 saturated carbocycles. The highest BCUT2D eigenvalue weighted by atomic mass is 16.2. The van der Waals surface area contributed by atoms with Crippen molar-refractivity contribution >= 4 is 5.91 Å².